The quantitative estimate of drug-likeness (QED) is 0.145. The lowest BCUT2D eigenvalue weighted by Gasteiger charge is -2.44. The molecule has 1 fully saturated rings. The molecule has 70 heavy (non-hydrogen) atoms. The van der Waals surface area contributed by atoms with Crippen molar-refractivity contribution in [2.24, 2.45) is 23.7 Å². The maximum Gasteiger partial charge on any atom is 0.164 e. The number of rotatable bonds is 8. The van der Waals surface area contributed by atoms with E-state index in [9.17, 15) is 0 Å². The molecule has 1 saturated carbocycles. The van der Waals surface area contributed by atoms with Crippen molar-refractivity contribution in [2.45, 2.75) is 140 Å². The molecule has 8 aliphatic rings. The van der Waals surface area contributed by atoms with Crippen LogP contribution >= 0.6 is 0 Å². The molecule has 354 valence electrons. The van der Waals surface area contributed by atoms with Crippen molar-refractivity contribution < 1.29 is 4.42 Å². The van der Waals surface area contributed by atoms with Gasteiger partial charge in [-0.05, 0) is 166 Å². The molecule has 7 aliphatic carbocycles. The molecule has 3 aromatic carbocycles. The first kappa shape index (κ1) is 43.9. The first-order valence-corrected chi connectivity index (χ1v) is 27.3. The van der Waals surface area contributed by atoms with E-state index in [0.29, 0.717) is 35.6 Å². The average molecular weight is 921 g/mol. The minimum absolute atomic E-state index is 0.178. The fourth-order valence-electron chi connectivity index (χ4n) is 14.9. The van der Waals surface area contributed by atoms with Crippen molar-refractivity contribution in [3.05, 3.63) is 208 Å². The van der Waals surface area contributed by atoms with Crippen molar-refractivity contribution in [1.29, 1.82) is 0 Å². The number of anilines is 2. The van der Waals surface area contributed by atoms with E-state index in [0.717, 1.165) is 99.2 Å². The number of hydrogen-bond donors (Lipinski definition) is 0. The van der Waals surface area contributed by atoms with Gasteiger partial charge in [0.25, 0.3) is 0 Å². The standard InChI is InChI=1S/C65H68N4O/c1-41-19-15-16-28-50(41)64-66-63(45-24-11-5-12-25-45)67-65(68-64)54-38-47(53-40-48(43-20-7-3-8-21-43)37-42(2)60(53)44-22-9-4-10-23-44)31-33-51(54)46-32-35-58-55(39-46)62-59(70-58)36-34-57-61(62)52-29-17-18-30-56(52)69(57)49-26-13-6-14-27-49/h4,6,9-11,13-18,20,22-24,26-30,38,42,45-46,48,53,57,60-61H,1,3,5,7-8,12,19,21,25,31-37,39-40H2,2H3. The minimum atomic E-state index is 0.178. The van der Waals surface area contributed by atoms with Gasteiger partial charge in [0.2, 0.25) is 0 Å². The Kier molecular flexibility index (Phi) is 11.7. The van der Waals surface area contributed by atoms with E-state index in [1.807, 2.05) is 0 Å². The van der Waals surface area contributed by atoms with Crippen LogP contribution in [0.1, 0.15) is 166 Å². The van der Waals surface area contributed by atoms with Gasteiger partial charge in [-0.1, -0.05) is 139 Å². The van der Waals surface area contributed by atoms with Gasteiger partial charge in [-0.2, -0.15) is 0 Å². The SMILES string of the molecule is C=C1CC=CC=C1c1nc(C2=C(C3CCc4oc5c(c4C3)C3c4ccccc4N(c4ccccc4)C3CC5)CCC(C3CC(C4=CCCCC4)CC(C)C3c3ccccc3)=C2)nc(C2C=CCCC2)n1. The topological polar surface area (TPSA) is 55.1 Å². The van der Waals surface area contributed by atoms with Crippen LogP contribution in [-0.4, -0.2) is 21.0 Å². The van der Waals surface area contributed by atoms with Crippen LogP contribution in [0.4, 0.5) is 11.4 Å². The normalized spacial score (nSPS) is 28.3. The Balaban J connectivity index is 0.954. The fraction of sp³-hybridized carbons (Fsp3) is 0.400. The van der Waals surface area contributed by atoms with E-state index in [4.69, 9.17) is 19.4 Å². The number of aryl methyl sites for hydroxylation is 2. The van der Waals surface area contributed by atoms with E-state index in [-0.39, 0.29) is 11.8 Å². The molecular formula is C65H68N4O. The number of nitrogens with zero attached hydrogens (tertiary/aromatic N) is 4. The predicted octanol–water partition coefficient (Wildman–Crippen LogP) is 16.0. The number of benzene rings is 3. The smallest absolute Gasteiger partial charge is 0.164 e. The summed E-state index contributed by atoms with van der Waals surface area (Å²) in [4.78, 5) is 19.2. The van der Waals surface area contributed by atoms with Gasteiger partial charge >= 0.3 is 0 Å². The van der Waals surface area contributed by atoms with Crippen LogP contribution in [-0.2, 0) is 19.3 Å². The Labute approximate surface area is 416 Å². The third-order valence-electron chi connectivity index (χ3n) is 18.1. The van der Waals surface area contributed by atoms with Gasteiger partial charge in [0.05, 0.1) is 0 Å². The number of para-hydroxylation sites is 2. The summed E-state index contributed by atoms with van der Waals surface area (Å²) in [6, 6.07) is 32.2. The Hall–Kier alpha value is -6.07. The van der Waals surface area contributed by atoms with Gasteiger partial charge in [0, 0.05) is 58.8 Å². The van der Waals surface area contributed by atoms with Gasteiger partial charge in [0.15, 0.2) is 11.6 Å². The highest BCUT2D eigenvalue weighted by Crippen LogP contribution is 2.57. The first-order valence-electron chi connectivity index (χ1n) is 27.3. The minimum Gasteiger partial charge on any atom is -0.465 e. The zero-order chi connectivity index (χ0) is 46.7. The van der Waals surface area contributed by atoms with Crippen molar-refractivity contribution in [2.75, 3.05) is 4.90 Å². The summed E-state index contributed by atoms with van der Waals surface area (Å²) in [5, 5.41) is 0. The van der Waals surface area contributed by atoms with Crippen LogP contribution in [0.3, 0.4) is 0 Å². The number of fused-ring (bicyclic) bond motifs is 7. The largest absolute Gasteiger partial charge is 0.465 e. The molecule has 0 amide bonds. The molecule has 13 rings (SSSR count). The zero-order valence-electron chi connectivity index (χ0n) is 41.2. The van der Waals surface area contributed by atoms with Crippen molar-refractivity contribution >= 4 is 22.5 Å². The van der Waals surface area contributed by atoms with E-state index < -0.39 is 0 Å². The molecule has 0 N–H and O–H groups in total. The predicted molar refractivity (Wildman–Crippen MR) is 285 cm³/mol. The van der Waals surface area contributed by atoms with E-state index in [2.05, 4.69) is 146 Å². The molecule has 5 aromatic rings. The second-order valence-corrected chi connectivity index (χ2v) is 22.1. The fourth-order valence-corrected chi connectivity index (χ4v) is 14.9. The van der Waals surface area contributed by atoms with E-state index in [1.54, 1.807) is 16.7 Å². The molecule has 0 spiro atoms. The van der Waals surface area contributed by atoms with Gasteiger partial charge in [-0.15, -0.1) is 0 Å². The molecule has 5 heteroatoms. The molecule has 0 radical (unpaired) electrons. The lowest BCUT2D eigenvalue weighted by atomic mass is 9.60. The van der Waals surface area contributed by atoms with Crippen LogP contribution < -0.4 is 4.90 Å². The molecule has 0 saturated heterocycles. The highest BCUT2D eigenvalue weighted by atomic mass is 16.3. The Bertz CT molecular complexity index is 3020. The maximum atomic E-state index is 7.03. The number of aromatic nitrogens is 3. The second kappa shape index (κ2) is 18.6. The molecule has 2 aromatic heterocycles. The number of hydrogen-bond acceptors (Lipinski definition) is 5. The van der Waals surface area contributed by atoms with Crippen molar-refractivity contribution in [3.63, 3.8) is 0 Å². The summed E-state index contributed by atoms with van der Waals surface area (Å²) in [6.45, 7) is 7.10. The molecule has 8 unspecified atom stereocenters. The third kappa shape index (κ3) is 7.87. The highest BCUT2D eigenvalue weighted by molar-refractivity contribution is 5.81. The van der Waals surface area contributed by atoms with Crippen LogP contribution in [0.15, 0.2) is 161 Å². The molecule has 8 atom stereocenters. The van der Waals surface area contributed by atoms with E-state index in [1.165, 1.54) is 89.2 Å². The van der Waals surface area contributed by atoms with Crippen LogP contribution in [0.2, 0.25) is 0 Å². The Morgan fingerprint density at radius 1 is 0.714 bits per heavy atom. The van der Waals surface area contributed by atoms with Gasteiger partial charge < -0.3 is 9.32 Å². The van der Waals surface area contributed by atoms with Crippen molar-refractivity contribution in [1.82, 2.24) is 15.0 Å². The summed E-state index contributed by atoms with van der Waals surface area (Å²) in [5.41, 5.74) is 16.8. The summed E-state index contributed by atoms with van der Waals surface area (Å²) in [6.07, 6.45) is 35.6. The van der Waals surface area contributed by atoms with Crippen LogP contribution in [0.25, 0.3) is 11.1 Å². The molecule has 1 aliphatic heterocycles. The monoisotopic (exact) mass is 921 g/mol. The third-order valence-corrected chi connectivity index (χ3v) is 18.1. The van der Waals surface area contributed by atoms with Crippen LogP contribution in [0.5, 0.6) is 0 Å². The Morgan fingerprint density at radius 2 is 1.54 bits per heavy atom. The maximum absolute atomic E-state index is 7.03. The van der Waals surface area contributed by atoms with E-state index >= 15 is 0 Å². The first-order chi connectivity index (χ1) is 34.5. The molecule has 3 heterocycles. The summed E-state index contributed by atoms with van der Waals surface area (Å²) >= 11 is 0. The van der Waals surface area contributed by atoms with Gasteiger partial charge in [0.1, 0.15) is 17.3 Å². The lowest BCUT2D eigenvalue weighted by Crippen LogP contribution is -2.34. The number of allylic oxidation sites excluding steroid dienone is 13. The number of furan rings is 1. The second-order valence-electron chi connectivity index (χ2n) is 22.1. The average Bonchev–Trinajstić information content (AvgIpc) is 3.97. The zero-order valence-corrected chi connectivity index (χ0v) is 41.2. The summed E-state index contributed by atoms with van der Waals surface area (Å²) in [7, 11) is 0. The van der Waals surface area contributed by atoms with Gasteiger partial charge in [-0.3, -0.25) is 0 Å². The lowest BCUT2D eigenvalue weighted by molar-refractivity contribution is 0.205. The summed E-state index contributed by atoms with van der Waals surface area (Å²) < 4.78 is 7.03. The van der Waals surface area contributed by atoms with Crippen molar-refractivity contribution in [3.8, 4) is 0 Å². The molecule has 5 nitrogen and oxygen atoms in total. The van der Waals surface area contributed by atoms with Crippen LogP contribution in [0, 0.1) is 23.7 Å². The molecular weight excluding hydrogens is 853 g/mol. The highest BCUT2D eigenvalue weighted by Gasteiger charge is 2.47. The molecule has 0 bridgehead atoms. The van der Waals surface area contributed by atoms with Gasteiger partial charge in [-0.25, -0.2) is 15.0 Å². The Morgan fingerprint density at radius 3 is 2.37 bits per heavy atom. The summed E-state index contributed by atoms with van der Waals surface area (Å²) in [5.74, 6) is 8.02.